The summed E-state index contributed by atoms with van der Waals surface area (Å²) in [6.45, 7) is 9.16. The van der Waals surface area contributed by atoms with E-state index in [-0.39, 0.29) is 22.3 Å². The van der Waals surface area contributed by atoms with Gasteiger partial charge in [0.25, 0.3) is 0 Å². The molecule has 1 fully saturated rings. The molecule has 0 radical (unpaired) electrons. The van der Waals surface area contributed by atoms with Gasteiger partial charge in [0.2, 0.25) is 0 Å². The van der Waals surface area contributed by atoms with Crippen molar-refractivity contribution in [3.8, 4) is 0 Å². The molecule has 0 aliphatic carbocycles. The van der Waals surface area contributed by atoms with E-state index in [0.717, 1.165) is 0 Å². The number of aromatic nitrogens is 1. The number of pyridine rings is 1. The molecule has 0 spiro atoms. The van der Waals surface area contributed by atoms with Gasteiger partial charge in [-0.2, -0.15) is 0 Å². The fourth-order valence-corrected chi connectivity index (χ4v) is 2.18. The van der Waals surface area contributed by atoms with Crippen LogP contribution in [0.5, 0.6) is 0 Å². The van der Waals surface area contributed by atoms with Gasteiger partial charge in [0.05, 0.1) is 16.9 Å². The summed E-state index contributed by atoms with van der Waals surface area (Å²) < 4.78 is 11.8. The first-order chi connectivity index (χ1) is 9.05. The van der Waals surface area contributed by atoms with Crippen LogP contribution in [0.4, 0.5) is 5.69 Å². The number of nitrogens with zero attached hydrogens (tertiary/aromatic N) is 1. The van der Waals surface area contributed by atoms with Crippen LogP contribution in [0.15, 0.2) is 6.07 Å². The summed E-state index contributed by atoms with van der Waals surface area (Å²) in [7, 11) is -0.668. The maximum absolute atomic E-state index is 11.6. The van der Waals surface area contributed by atoms with Crippen LogP contribution in [0.3, 0.4) is 0 Å². The Balaban J connectivity index is 2.48. The molecule has 0 saturated carbocycles. The predicted molar refractivity (Wildman–Crippen MR) is 79.4 cm³/mol. The first kappa shape index (κ1) is 15.3. The SMILES string of the molecule is CC(=O)c1nc(Cl)cc(B2OC(C)(C)C(C)(C)O2)c1N. The number of ketones is 1. The van der Waals surface area contributed by atoms with Crippen LogP contribution < -0.4 is 11.2 Å². The summed E-state index contributed by atoms with van der Waals surface area (Å²) in [4.78, 5) is 15.5. The minimum atomic E-state index is -0.668. The highest BCUT2D eigenvalue weighted by atomic mass is 35.5. The second kappa shape index (κ2) is 4.72. The number of rotatable bonds is 2. The van der Waals surface area contributed by atoms with Crippen molar-refractivity contribution in [2.45, 2.75) is 45.8 Å². The van der Waals surface area contributed by atoms with Crippen molar-refractivity contribution in [1.82, 2.24) is 4.98 Å². The summed E-state index contributed by atoms with van der Waals surface area (Å²) in [5.41, 5.74) is 5.96. The number of hydrogen-bond acceptors (Lipinski definition) is 5. The third-order valence-corrected chi connectivity index (χ3v) is 4.09. The van der Waals surface area contributed by atoms with Gasteiger partial charge in [0, 0.05) is 12.4 Å². The molecule has 7 heteroatoms. The highest BCUT2D eigenvalue weighted by molar-refractivity contribution is 6.64. The van der Waals surface area contributed by atoms with E-state index in [1.54, 1.807) is 6.07 Å². The summed E-state index contributed by atoms with van der Waals surface area (Å²) in [5.74, 6) is -0.247. The van der Waals surface area contributed by atoms with Gasteiger partial charge in [-0.3, -0.25) is 4.79 Å². The molecule has 2 heterocycles. The largest absolute Gasteiger partial charge is 0.497 e. The lowest BCUT2D eigenvalue weighted by atomic mass is 9.77. The van der Waals surface area contributed by atoms with Crippen molar-refractivity contribution in [2.24, 2.45) is 0 Å². The molecule has 0 amide bonds. The molecular formula is C13H18BClN2O3. The van der Waals surface area contributed by atoms with E-state index in [9.17, 15) is 4.79 Å². The topological polar surface area (TPSA) is 74.4 Å². The van der Waals surface area contributed by atoms with E-state index in [4.69, 9.17) is 26.6 Å². The molecule has 0 atom stereocenters. The Hall–Kier alpha value is -1.11. The molecular weight excluding hydrogens is 278 g/mol. The van der Waals surface area contributed by atoms with Gasteiger partial charge in [-0.05, 0) is 33.8 Å². The van der Waals surface area contributed by atoms with Crippen molar-refractivity contribution in [3.05, 3.63) is 16.9 Å². The van der Waals surface area contributed by atoms with Crippen molar-refractivity contribution in [1.29, 1.82) is 0 Å². The summed E-state index contributed by atoms with van der Waals surface area (Å²) in [6.07, 6.45) is 0. The van der Waals surface area contributed by atoms with Crippen LogP contribution in [-0.4, -0.2) is 29.1 Å². The molecule has 1 aromatic heterocycles. The molecule has 1 aliphatic rings. The first-order valence-corrected chi connectivity index (χ1v) is 6.75. The zero-order chi connectivity index (χ0) is 15.3. The third kappa shape index (κ3) is 2.43. The molecule has 20 heavy (non-hydrogen) atoms. The maximum atomic E-state index is 11.6. The number of halogens is 1. The van der Waals surface area contributed by atoms with Gasteiger partial charge >= 0.3 is 7.12 Å². The van der Waals surface area contributed by atoms with Crippen LogP contribution in [-0.2, 0) is 9.31 Å². The lowest BCUT2D eigenvalue weighted by molar-refractivity contribution is 0.00578. The molecule has 2 N–H and O–H groups in total. The fourth-order valence-electron chi connectivity index (χ4n) is 1.98. The second-order valence-electron chi connectivity index (χ2n) is 5.94. The zero-order valence-electron chi connectivity index (χ0n) is 12.3. The number of carbonyl (C=O) groups excluding carboxylic acids is 1. The van der Waals surface area contributed by atoms with Gasteiger partial charge in [0.15, 0.2) is 5.78 Å². The highest BCUT2D eigenvalue weighted by Gasteiger charge is 2.52. The monoisotopic (exact) mass is 296 g/mol. The Morgan fingerprint density at radius 2 is 1.80 bits per heavy atom. The lowest BCUT2D eigenvalue weighted by Gasteiger charge is -2.32. The minimum Gasteiger partial charge on any atom is -0.399 e. The maximum Gasteiger partial charge on any atom is 0.497 e. The Morgan fingerprint density at radius 3 is 2.25 bits per heavy atom. The van der Waals surface area contributed by atoms with E-state index in [0.29, 0.717) is 5.46 Å². The average Bonchev–Trinajstić information content (AvgIpc) is 2.50. The summed E-state index contributed by atoms with van der Waals surface area (Å²) >= 11 is 5.96. The molecule has 0 bridgehead atoms. The molecule has 0 unspecified atom stereocenters. The lowest BCUT2D eigenvalue weighted by Crippen LogP contribution is -2.41. The van der Waals surface area contributed by atoms with E-state index < -0.39 is 18.3 Å². The van der Waals surface area contributed by atoms with Crippen LogP contribution in [0.2, 0.25) is 5.15 Å². The highest BCUT2D eigenvalue weighted by Crippen LogP contribution is 2.37. The fraction of sp³-hybridized carbons (Fsp3) is 0.538. The first-order valence-electron chi connectivity index (χ1n) is 6.37. The number of Topliss-reactive ketones (excluding diaryl/α,β-unsaturated/α-hetero) is 1. The predicted octanol–water partition coefficient (Wildman–Crippen LogP) is 1.82. The van der Waals surface area contributed by atoms with Crippen LogP contribution in [0.25, 0.3) is 0 Å². The van der Waals surface area contributed by atoms with E-state index in [2.05, 4.69) is 4.98 Å². The smallest absolute Gasteiger partial charge is 0.399 e. The third-order valence-electron chi connectivity index (χ3n) is 3.90. The van der Waals surface area contributed by atoms with Crippen molar-refractivity contribution in [2.75, 3.05) is 5.73 Å². The Bertz CT molecular complexity index is 559. The molecule has 1 aliphatic heterocycles. The van der Waals surface area contributed by atoms with E-state index in [1.165, 1.54) is 6.92 Å². The Kier molecular flexibility index (Phi) is 3.61. The van der Waals surface area contributed by atoms with Crippen LogP contribution in [0, 0.1) is 0 Å². The molecule has 1 saturated heterocycles. The molecule has 5 nitrogen and oxygen atoms in total. The number of nitrogens with two attached hydrogens (primary N) is 1. The quantitative estimate of drug-likeness (QED) is 0.512. The van der Waals surface area contributed by atoms with Crippen molar-refractivity contribution < 1.29 is 14.1 Å². The summed E-state index contributed by atoms with van der Waals surface area (Å²) in [6, 6.07) is 1.57. The van der Waals surface area contributed by atoms with Crippen molar-refractivity contribution in [3.63, 3.8) is 0 Å². The second-order valence-corrected chi connectivity index (χ2v) is 6.33. The number of nitrogen functional groups attached to an aromatic ring is 1. The molecule has 1 aromatic rings. The number of hydrogen-bond donors (Lipinski definition) is 1. The van der Waals surface area contributed by atoms with Gasteiger partial charge in [0.1, 0.15) is 10.8 Å². The van der Waals surface area contributed by atoms with E-state index in [1.807, 2.05) is 27.7 Å². The standard InChI is InChI=1S/C13H18BClN2O3/c1-7(18)11-10(16)8(6-9(15)17-11)14-19-12(2,3)13(4,5)20-14/h6H,16H2,1-5H3. The molecule has 0 aromatic carbocycles. The average molecular weight is 297 g/mol. The van der Waals surface area contributed by atoms with Crippen LogP contribution in [0.1, 0.15) is 45.1 Å². The normalized spacial score (nSPS) is 20.2. The molecule has 108 valence electrons. The Labute approximate surface area is 123 Å². The van der Waals surface area contributed by atoms with Gasteiger partial charge in [-0.15, -0.1) is 0 Å². The zero-order valence-corrected chi connectivity index (χ0v) is 13.0. The number of anilines is 1. The Morgan fingerprint density at radius 1 is 1.30 bits per heavy atom. The van der Waals surface area contributed by atoms with Crippen molar-refractivity contribution >= 4 is 35.7 Å². The number of carbonyl (C=O) groups is 1. The van der Waals surface area contributed by atoms with Gasteiger partial charge in [-0.1, -0.05) is 11.6 Å². The van der Waals surface area contributed by atoms with Gasteiger partial charge < -0.3 is 15.0 Å². The van der Waals surface area contributed by atoms with E-state index >= 15 is 0 Å². The minimum absolute atomic E-state index is 0.141. The molecule has 2 rings (SSSR count). The summed E-state index contributed by atoms with van der Waals surface area (Å²) in [5, 5.41) is 0.189. The van der Waals surface area contributed by atoms with Gasteiger partial charge in [-0.25, -0.2) is 4.98 Å². The van der Waals surface area contributed by atoms with Crippen LogP contribution >= 0.6 is 11.6 Å².